The zero-order valence-electron chi connectivity index (χ0n) is 10.8. The molecule has 0 spiro atoms. The van der Waals surface area contributed by atoms with Crippen molar-refractivity contribution >= 4 is 22.4 Å². The maximum atomic E-state index is 11.5. The molecule has 1 aromatic rings. The number of amides is 1. The van der Waals surface area contributed by atoms with Gasteiger partial charge in [0, 0.05) is 12.5 Å². The number of carbonyl (C=O) groups excluding carboxylic acids is 1. The van der Waals surface area contributed by atoms with E-state index in [9.17, 15) is 4.79 Å². The van der Waals surface area contributed by atoms with Crippen molar-refractivity contribution in [3.8, 4) is 0 Å². The summed E-state index contributed by atoms with van der Waals surface area (Å²) in [4.78, 5) is 11.5. The van der Waals surface area contributed by atoms with Gasteiger partial charge in [-0.25, -0.2) is 0 Å². The normalized spacial score (nSPS) is 11.2. The first kappa shape index (κ1) is 14.1. The predicted octanol–water partition coefficient (Wildman–Crippen LogP) is 1.67. The van der Waals surface area contributed by atoms with Crippen LogP contribution in [0.15, 0.2) is 0 Å². The fraction of sp³-hybridized carbons (Fsp3) is 0.727. The second-order valence-corrected chi connectivity index (χ2v) is 5.74. The molecule has 0 unspecified atom stereocenters. The molecule has 0 saturated carbocycles. The molecule has 0 aliphatic heterocycles. The Morgan fingerprint density at radius 2 is 2.00 bits per heavy atom. The molecule has 17 heavy (non-hydrogen) atoms. The monoisotopic (exact) mass is 256 g/mol. The molecule has 5 nitrogen and oxygen atoms in total. The Morgan fingerprint density at radius 3 is 2.59 bits per heavy atom. The number of nitrogens with zero attached hydrogens (tertiary/aromatic N) is 2. The minimum Gasteiger partial charge on any atom is -0.306 e. The standard InChI is InChI=1S/C11H20N4OS/c1-7(2)5-10-14-15-11(17-10)13-9(16)6-12-8(3)4/h7-8,12H,5-6H2,1-4H3,(H,13,15,16). The van der Waals surface area contributed by atoms with Crippen molar-refractivity contribution in [1.82, 2.24) is 15.5 Å². The summed E-state index contributed by atoms with van der Waals surface area (Å²) in [7, 11) is 0. The van der Waals surface area contributed by atoms with Crippen LogP contribution in [0.5, 0.6) is 0 Å². The predicted molar refractivity (Wildman–Crippen MR) is 70.2 cm³/mol. The number of nitrogens with one attached hydrogen (secondary N) is 2. The van der Waals surface area contributed by atoms with E-state index in [1.807, 2.05) is 13.8 Å². The highest BCUT2D eigenvalue weighted by molar-refractivity contribution is 7.15. The minimum atomic E-state index is -0.0778. The van der Waals surface area contributed by atoms with Crippen LogP contribution in [0.1, 0.15) is 32.7 Å². The molecule has 1 amide bonds. The third-order valence-corrected chi connectivity index (χ3v) is 2.83. The summed E-state index contributed by atoms with van der Waals surface area (Å²) < 4.78 is 0. The fourth-order valence-corrected chi connectivity index (χ4v) is 2.16. The smallest absolute Gasteiger partial charge is 0.240 e. The quantitative estimate of drug-likeness (QED) is 0.812. The SMILES string of the molecule is CC(C)Cc1nnc(NC(=O)CNC(C)C)s1. The minimum absolute atomic E-state index is 0.0778. The lowest BCUT2D eigenvalue weighted by molar-refractivity contribution is -0.115. The zero-order chi connectivity index (χ0) is 12.8. The summed E-state index contributed by atoms with van der Waals surface area (Å²) >= 11 is 1.44. The maximum absolute atomic E-state index is 11.5. The highest BCUT2D eigenvalue weighted by Gasteiger charge is 2.09. The van der Waals surface area contributed by atoms with Gasteiger partial charge in [0.1, 0.15) is 5.01 Å². The lowest BCUT2D eigenvalue weighted by Crippen LogP contribution is -2.32. The van der Waals surface area contributed by atoms with E-state index >= 15 is 0 Å². The molecule has 1 rings (SSSR count). The van der Waals surface area contributed by atoms with Gasteiger partial charge in [0.25, 0.3) is 0 Å². The molecule has 0 radical (unpaired) electrons. The number of hydrogen-bond donors (Lipinski definition) is 2. The van der Waals surface area contributed by atoms with Crippen molar-refractivity contribution in [2.24, 2.45) is 5.92 Å². The van der Waals surface area contributed by atoms with E-state index in [1.54, 1.807) is 0 Å². The Balaban J connectivity index is 2.40. The van der Waals surface area contributed by atoms with Gasteiger partial charge in [0.05, 0.1) is 6.54 Å². The third-order valence-electron chi connectivity index (χ3n) is 1.97. The first-order valence-electron chi connectivity index (χ1n) is 5.83. The van der Waals surface area contributed by atoms with Gasteiger partial charge in [-0.3, -0.25) is 10.1 Å². The molecule has 2 N–H and O–H groups in total. The van der Waals surface area contributed by atoms with E-state index in [0.717, 1.165) is 11.4 Å². The molecular formula is C11H20N4OS. The lowest BCUT2D eigenvalue weighted by Gasteiger charge is -2.06. The molecule has 0 saturated heterocycles. The van der Waals surface area contributed by atoms with Crippen LogP contribution in [0.25, 0.3) is 0 Å². The van der Waals surface area contributed by atoms with Crippen molar-refractivity contribution in [1.29, 1.82) is 0 Å². The van der Waals surface area contributed by atoms with Crippen molar-refractivity contribution in [3.63, 3.8) is 0 Å². The van der Waals surface area contributed by atoms with Crippen molar-refractivity contribution in [2.45, 2.75) is 40.2 Å². The third kappa shape index (κ3) is 5.74. The van der Waals surface area contributed by atoms with Crippen LogP contribution < -0.4 is 10.6 Å². The largest absolute Gasteiger partial charge is 0.306 e. The van der Waals surface area contributed by atoms with Gasteiger partial charge in [-0.15, -0.1) is 10.2 Å². The van der Waals surface area contributed by atoms with E-state index in [4.69, 9.17) is 0 Å². The van der Waals surface area contributed by atoms with Crippen LogP contribution in [0, 0.1) is 5.92 Å². The van der Waals surface area contributed by atoms with Gasteiger partial charge in [-0.05, 0) is 5.92 Å². The topological polar surface area (TPSA) is 66.9 Å². The van der Waals surface area contributed by atoms with Gasteiger partial charge in [0.15, 0.2) is 0 Å². The van der Waals surface area contributed by atoms with Gasteiger partial charge in [-0.2, -0.15) is 0 Å². The summed E-state index contributed by atoms with van der Waals surface area (Å²) in [5, 5.41) is 15.3. The Kier molecular flexibility index (Phi) is 5.50. The first-order chi connectivity index (χ1) is 7.97. The number of rotatable bonds is 6. The molecule has 0 atom stereocenters. The van der Waals surface area contributed by atoms with E-state index in [2.05, 4.69) is 34.7 Å². The van der Waals surface area contributed by atoms with E-state index in [1.165, 1.54) is 11.3 Å². The second kappa shape index (κ2) is 6.66. The number of anilines is 1. The van der Waals surface area contributed by atoms with E-state index < -0.39 is 0 Å². The van der Waals surface area contributed by atoms with Gasteiger partial charge < -0.3 is 5.32 Å². The van der Waals surface area contributed by atoms with Crippen LogP contribution in [0.2, 0.25) is 0 Å². The fourth-order valence-electron chi connectivity index (χ4n) is 1.20. The first-order valence-corrected chi connectivity index (χ1v) is 6.64. The Hall–Kier alpha value is -1.01. The number of hydrogen-bond acceptors (Lipinski definition) is 5. The molecular weight excluding hydrogens is 236 g/mol. The maximum Gasteiger partial charge on any atom is 0.240 e. The molecule has 0 bridgehead atoms. The summed E-state index contributed by atoms with van der Waals surface area (Å²) in [6, 6.07) is 0.298. The Bertz CT molecular complexity index is 362. The van der Waals surface area contributed by atoms with Gasteiger partial charge in [0.2, 0.25) is 11.0 Å². The molecule has 0 fully saturated rings. The van der Waals surface area contributed by atoms with Crippen LogP contribution in [0.4, 0.5) is 5.13 Å². The molecule has 96 valence electrons. The molecule has 0 aliphatic carbocycles. The average molecular weight is 256 g/mol. The molecule has 1 heterocycles. The average Bonchev–Trinajstić information content (AvgIpc) is 2.61. The second-order valence-electron chi connectivity index (χ2n) is 4.68. The van der Waals surface area contributed by atoms with Crippen LogP contribution >= 0.6 is 11.3 Å². The molecule has 1 aromatic heterocycles. The van der Waals surface area contributed by atoms with Gasteiger partial charge in [-0.1, -0.05) is 39.0 Å². The Morgan fingerprint density at radius 1 is 1.29 bits per heavy atom. The van der Waals surface area contributed by atoms with Crippen LogP contribution in [-0.2, 0) is 11.2 Å². The number of aromatic nitrogens is 2. The van der Waals surface area contributed by atoms with Crippen molar-refractivity contribution in [3.05, 3.63) is 5.01 Å². The van der Waals surface area contributed by atoms with Crippen molar-refractivity contribution < 1.29 is 4.79 Å². The molecule has 0 aromatic carbocycles. The summed E-state index contributed by atoms with van der Waals surface area (Å²) in [6.45, 7) is 8.56. The summed E-state index contributed by atoms with van der Waals surface area (Å²) in [5.74, 6) is 0.472. The van der Waals surface area contributed by atoms with E-state index in [0.29, 0.717) is 23.6 Å². The van der Waals surface area contributed by atoms with E-state index in [-0.39, 0.29) is 5.91 Å². The lowest BCUT2D eigenvalue weighted by atomic mass is 10.1. The van der Waals surface area contributed by atoms with Crippen molar-refractivity contribution in [2.75, 3.05) is 11.9 Å². The van der Waals surface area contributed by atoms with Crippen LogP contribution in [0.3, 0.4) is 0 Å². The van der Waals surface area contributed by atoms with Crippen LogP contribution in [-0.4, -0.2) is 28.7 Å². The number of carbonyl (C=O) groups is 1. The van der Waals surface area contributed by atoms with Gasteiger partial charge >= 0.3 is 0 Å². The zero-order valence-corrected chi connectivity index (χ0v) is 11.6. The molecule has 6 heteroatoms. The highest BCUT2D eigenvalue weighted by Crippen LogP contribution is 2.17. The molecule has 0 aliphatic rings. The highest BCUT2D eigenvalue weighted by atomic mass is 32.1. The summed E-state index contributed by atoms with van der Waals surface area (Å²) in [6.07, 6.45) is 0.901. The summed E-state index contributed by atoms with van der Waals surface area (Å²) in [5.41, 5.74) is 0. The Labute approximate surface area is 106 Å².